The molecule has 1 aliphatic heterocycles. The highest BCUT2D eigenvalue weighted by Crippen LogP contribution is 2.34. The van der Waals surface area contributed by atoms with Crippen molar-refractivity contribution in [1.29, 1.82) is 0 Å². The van der Waals surface area contributed by atoms with Crippen LogP contribution < -0.4 is 16.0 Å². The van der Waals surface area contributed by atoms with Crippen molar-refractivity contribution >= 4 is 27.5 Å². The third-order valence-electron chi connectivity index (χ3n) is 7.79. The third-order valence-corrected chi connectivity index (χ3v) is 9.10. The van der Waals surface area contributed by atoms with Gasteiger partial charge in [-0.15, -0.1) is 0 Å². The number of aryl methyl sites for hydroxylation is 1. The summed E-state index contributed by atoms with van der Waals surface area (Å²) < 4.78 is 35.6. The Hall–Kier alpha value is -3.81. The van der Waals surface area contributed by atoms with Gasteiger partial charge >= 0.3 is 5.69 Å². The lowest BCUT2D eigenvalue weighted by molar-refractivity contribution is -0.133. The van der Waals surface area contributed by atoms with E-state index in [9.17, 15) is 18.8 Å². The lowest BCUT2D eigenvalue weighted by atomic mass is 10.1. The number of carbonyl (C=O) groups excluding carboxylic acids is 1. The Labute approximate surface area is 252 Å². The molecule has 0 radical (unpaired) electrons. The Morgan fingerprint density at radius 2 is 1.93 bits per heavy atom. The van der Waals surface area contributed by atoms with Gasteiger partial charge in [0.2, 0.25) is 5.91 Å². The van der Waals surface area contributed by atoms with Crippen LogP contribution in [-0.4, -0.2) is 70.2 Å². The van der Waals surface area contributed by atoms with Crippen LogP contribution in [0.2, 0.25) is 0 Å². The molecule has 13 heteroatoms. The van der Waals surface area contributed by atoms with E-state index >= 15 is 0 Å². The predicted molar refractivity (Wildman–Crippen MR) is 161 cm³/mol. The maximum absolute atomic E-state index is 14.5. The highest BCUT2D eigenvalue weighted by atomic mass is 32.1. The molecule has 43 heavy (non-hydrogen) atoms. The van der Waals surface area contributed by atoms with Crippen molar-refractivity contribution in [2.45, 2.75) is 51.8 Å². The minimum Gasteiger partial charge on any atom is -0.496 e. The van der Waals surface area contributed by atoms with Gasteiger partial charge in [0.1, 0.15) is 33.5 Å². The first kappa shape index (κ1) is 30.6. The summed E-state index contributed by atoms with van der Waals surface area (Å²) in [7, 11) is 3.07. The van der Waals surface area contributed by atoms with Crippen molar-refractivity contribution < 1.29 is 23.4 Å². The Morgan fingerprint density at radius 1 is 1.16 bits per heavy atom. The van der Waals surface area contributed by atoms with Crippen LogP contribution in [0.3, 0.4) is 0 Å². The molecule has 1 fully saturated rings. The standard InChI is InChI=1S/C30H36FN5O6S/c1-19-25-27(38)36(20(2)26(37)33-12-5-6-13-33)30(39)34(29(25)43-28(19)35-14-7-11-32-35)18-24(42-16-8-15-40-3)22-17-21(31)9-10-23(22)41-4/h7,9-11,14,17,20,24H,5-6,8,12-13,15-16,18H2,1-4H3/t20?,24-/m0/s1. The van der Waals surface area contributed by atoms with Crippen LogP contribution in [0, 0.1) is 12.7 Å². The number of aromatic nitrogens is 4. The molecule has 0 N–H and O–H groups in total. The molecule has 5 rings (SSSR count). The smallest absolute Gasteiger partial charge is 0.332 e. The second-order valence-electron chi connectivity index (χ2n) is 10.5. The molecule has 0 saturated carbocycles. The summed E-state index contributed by atoms with van der Waals surface area (Å²) in [4.78, 5) is 43.9. The van der Waals surface area contributed by atoms with Crippen molar-refractivity contribution in [1.82, 2.24) is 23.8 Å². The van der Waals surface area contributed by atoms with Gasteiger partial charge < -0.3 is 19.1 Å². The molecular formula is C30H36FN5O6S. The van der Waals surface area contributed by atoms with Crippen molar-refractivity contribution in [3.05, 3.63) is 74.4 Å². The first-order valence-corrected chi connectivity index (χ1v) is 15.1. The van der Waals surface area contributed by atoms with Gasteiger partial charge in [-0.25, -0.2) is 18.4 Å². The highest BCUT2D eigenvalue weighted by Gasteiger charge is 2.31. The Bertz CT molecular complexity index is 1710. The number of hydrogen-bond donors (Lipinski definition) is 0. The van der Waals surface area contributed by atoms with Gasteiger partial charge in [-0.1, -0.05) is 11.3 Å². The van der Waals surface area contributed by atoms with E-state index in [1.807, 2.05) is 0 Å². The number of nitrogens with zero attached hydrogens (tertiary/aromatic N) is 5. The van der Waals surface area contributed by atoms with Crippen molar-refractivity contribution in [3.8, 4) is 10.8 Å². The van der Waals surface area contributed by atoms with Gasteiger partial charge in [0, 0.05) is 56.9 Å². The molecule has 0 aliphatic carbocycles. The molecule has 1 aromatic carbocycles. The SMILES string of the molecule is COCCCO[C@@H](Cn1c(=O)n(C(C)C(=O)N2CCCC2)c(=O)c2c(C)c(-n3cccn3)sc21)c1cc(F)ccc1OC. The second kappa shape index (κ2) is 13.2. The lowest BCUT2D eigenvalue weighted by Gasteiger charge is -2.25. The van der Waals surface area contributed by atoms with Crippen molar-refractivity contribution in [2.24, 2.45) is 0 Å². The zero-order valence-electron chi connectivity index (χ0n) is 24.7. The average Bonchev–Trinajstić information content (AvgIpc) is 3.78. The molecule has 11 nitrogen and oxygen atoms in total. The summed E-state index contributed by atoms with van der Waals surface area (Å²) >= 11 is 1.25. The molecule has 1 amide bonds. The maximum atomic E-state index is 14.5. The van der Waals surface area contributed by atoms with Crippen LogP contribution in [0.5, 0.6) is 5.75 Å². The number of carbonyl (C=O) groups is 1. The molecule has 1 unspecified atom stereocenters. The zero-order chi connectivity index (χ0) is 30.7. The lowest BCUT2D eigenvalue weighted by Crippen LogP contribution is -2.47. The van der Waals surface area contributed by atoms with E-state index in [1.54, 1.807) is 49.0 Å². The fourth-order valence-corrected chi connectivity index (χ4v) is 6.81. The molecular weight excluding hydrogens is 577 g/mol. The van der Waals surface area contributed by atoms with Crippen LogP contribution in [0.4, 0.5) is 4.39 Å². The molecule has 230 valence electrons. The summed E-state index contributed by atoms with van der Waals surface area (Å²) in [6.45, 7) is 5.22. The number of hydrogen-bond acceptors (Lipinski definition) is 8. The molecule has 3 aromatic heterocycles. The molecule has 0 bridgehead atoms. The van der Waals surface area contributed by atoms with Gasteiger partial charge in [0.15, 0.2) is 0 Å². The molecule has 1 saturated heterocycles. The van der Waals surface area contributed by atoms with Gasteiger partial charge in [-0.05, 0) is 57.4 Å². The second-order valence-corrected chi connectivity index (χ2v) is 11.5. The summed E-state index contributed by atoms with van der Waals surface area (Å²) in [5.74, 6) is -0.364. The van der Waals surface area contributed by atoms with Gasteiger partial charge in [0.25, 0.3) is 5.56 Å². The first-order valence-electron chi connectivity index (χ1n) is 14.3. The number of benzene rings is 1. The number of likely N-dealkylation sites (tertiary alicyclic amines) is 1. The van der Waals surface area contributed by atoms with Crippen LogP contribution in [0.15, 0.2) is 46.2 Å². The van der Waals surface area contributed by atoms with Crippen LogP contribution in [0.25, 0.3) is 15.2 Å². The number of amides is 1. The number of fused-ring (bicyclic) bond motifs is 1. The summed E-state index contributed by atoms with van der Waals surface area (Å²) in [5.41, 5.74) is -0.131. The normalized spacial score (nSPS) is 14.9. The topological polar surface area (TPSA) is 110 Å². The first-order chi connectivity index (χ1) is 20.8. The Kier molecular flexibility index (Phi) is 9.43. The van der Waals surface area contributed by atoms with E-state index in [0.29, 0.717) is 58.2 Å². The zero-order valence-corrected chi connectivity index (χ0v) is 25.6. The van der Waals surface area contributed by atoms with Gasteiger partial charge in [-0.3, -0.25) is 14.2 Å². The number of ether oxygens (including phenoxy) is 3. The van der Waals surface area contributed by atoms with Crippen LogP contribution >= 0.6 is 11.3 Å². The number of methoxy groups -OCH3 is 2. The molecule has 4 aromatic rings. The predicted octanol–water partition coefficient (Wildman–Crippen LogP) is 3.84. The third kappa shape index (κ3) is 6.01. The van der Waals surface area contributed by atoms with Crippen LogP contribution in [-0.2, 0) is 20.8 Å². The molecule has 1 aliphatic rings. The minimum absolute atomic E-state index is 0.0640. The summed E-state index contributed by atoms with van der Waals surface area (Å²) in [5, 5.41) is 5.33. The van der Waals surface area contributed by atoms with Gasteiger partial charge in [0.05, 0.1) is 19.0 Å². The van der Waals surface area contributed by atoms with Crippen molar-refractivity contribution in [2.75, 3.05) is 40.5 Å². The fraction of sp³-hybridized carbons (Fsp3) is 0.467. The molecule has 0 spiro atoms. The van der Waals surface area contributed by atoms with E-state index in [2.05, 4.69) is 5.10 Å². The monoisotopic (exact) mass is 613 g/mol. The van der Waals surface area contributed by atoms with E-state index in [0.717, 1.165) is 17.4 Å². The maximum Gasteiger partial charge on any atom is 0.332 e. The number of halogens is 1. The van der Waals surface area contributed by atoms with Crippen LogP contribution in [0.1, 0.15) is 49.5 Å². The molecule has 4 heterocycles. The fourth-order valence-electron chi connectivity index (χ4n) is 5.57. The Balaban J connectivity index is 1.70. The van der Waals surface area contributed by atoms with Gasteiger partial charge in [-0.2, -0.15) is 5.10 Å². The quantitative estimate of drug-likeness (QED) is 0.223. The van der Waals surface area contributed by atoms with E-state index in [1.165, 1.54) is 41.2 Å². The molecule has 2 atom stereocenters. The number of rotatable bonds is 12. The number of thiophene rings is 1. The Morgan fingerprint density at radius 3 is 2.60 bits per heavy atom. The van der Waals surface area contributed by atoms with E-state index in [4.69, 9.17) is 14.2 Å². The highest BCUT2D eigenvalue weighted by molar-refractivity contribution is 7.21. The van der Waals surface area contributed by atoms with Crippen molar-refractivity contribution in [3.63, 3.8) is 0 Å². The van der Waals surface area contributed by atoms with E-state index < -0.39 is 29.2 Å². The summed E-state index contributed by atoms with van der Waals surface area (Å²) in [6, 6.07) is 4.88. The summed E-state index contributed by atoms with van der Waals surface area (Å²) in [6.07, 6.45) is 4.89. The van der Waals surface area contributed by atoms with E-state index in [-0.39, 0.29) is 19.1 Å². The minimum atomic E-state index is -1.02. The largest absolute Gasteiger partial charge is 0.496 e. The average molecular weight is 614 g/mol.